The summed E-state index contributed by atoms with van der Waals surface area (Å²) in [7, 11) is 3.38. The van der Waals surface area contributed by atoms with Gasteiger partial charge in [0.1, 0.15) is 0 Å². The van der Waals surface area contributed by atoms with E-state index in [2.05, 4.69) is 5.48 Å². The van der Waals surface area contributed by atoms with Gasteiger partial charge in [0.2, 0.25) is 0 Å². The van der Waals surface area contributed by atoms with Crippen molar-refractivity contribution in [2.45, 2.75) is 31.8 Å². The molecule has 1 aliphatic carbocycles. The lowest BCUT2D eigenvalue weighted by Crippen LogP contribution is -2.36. The fourth-order valence-corrected chi connectivity index (χ4v) is 1.23. The van der Waals surface area contributed by atoms with Crippen LogP contribution in [0.25, 0.3) is 0 Å². The molecule has 0 bridgehead atoms. The molecule has 1 aliphatic rings. The van der Waals surface area contributed by atoms with Crippen LogP contribution in [0.4, 0.5) is 4.79 Å². The van der Waals surface area contributed by atoms with Crippen LogP contribution >= 0.6 is 0 Å². The molecule has 1 fully saturated rings. The van der Waals surface area contributed by atoms with Crippen molar-refractivity contribution in [1.29, 1.82) is 0 Å². The molecular formula is C8H16N2O2. The molecule has 0 aliphatic heterocycles. The van der Waals surface area contributed by atoms with Crippen LogP contribution in [0.15, 0.2) is 0 Å². The molecule has 4 heteroatoms. The van der Waals surface area contributed by atoms with Crippen LogP contribution in [-0.4, -0.2) is 31.1 Å². The Labute approximate surface area is 72.8 Å². The molecule has 0 radical (unpaired) electrons. The third-order valence-electron chi connectivity index (χ3n) is 2.02. The van der Waals surface area contributed by atoms with Crippen LogP contribution in [-0.2, 0) is 4.84 Å². The van der Waals surface area contributed by atoms with Gasteiger partial charge in [0, 0.05) is 14.1 Å². The molecule has 70 valence electrons. The van der Waals surface area contributed by atoms with E-state index in [0.717, 1.165) is 12.8 Å². The van der Waals surface area contributed by atoms with Crippen LogP contribution in [0.3, 0.4) is 0 Å². The summed E-state index contributed by atoms with van der Waals surface area (Å²) in [5.41, 5.74) is 2.41. The standard InChI is InChI=1S/C8H16N2O2/c1-10(2)8(11)9-12-7-5-3-4-6-7/h7H,3-6H2,1-2H3,(H,9,11). The molecule has 12 heavy (non-hydrogen) atoms. The third kappa shape index (κ3) is 2.70. The second-order valence-electron chi connectivity index (χ2n) is 3.33. The predicted octanol–water partition coefficient (Wildman–Crippen LogP) is 1.13. The van der Waals surface area contributed by atoms with Crippen LogP contribution in [0.5, 0.6) is 0 Å². The van der Waals surface area contributed by atoms with Crippen molar-refractivity contribution in [3.63, 3.8) is 0 Å². The number of hydroxylamine groups is 1. The van der Waals surface area contributed by atoms with Crippen molar-refractivity contribution in [2.24, 2.45) is 0 Å². The van der Waals surface area contributed by atoms with Crippen LogP contribution < -0.4 is 5.48 Å². The smallest absolute Gasteiger partial charge is 0.329 e. The van der Waals surface area contributed by atoms with Crippen molar-refractivity contribution < 1.29 is 9.63 Å². The first-order valence-corrected chi connectivity index (χ1v) is 4.33. The second kappa shape index (κ2) is 4.30. The van der Waals surface area contributed by atoms with E-state index in [1.165, 1.54) is 17.7 Å². The van der Waals surface area contributed by atoms with Crippen molar-refractivity contribution in [2.75, 3.05) is 14.1 Å². The SMILES string of the molecule is CN(C)C(=O)NOC1CCCC1. The first-order valence-electron chi connectivity index (χ1n) is 4.33. The van der Waals surface area contributed by atoms with Gasteiger partial charge < -0.3 is 4.90 Å². The number of rotatable bonds is 2. The van der Waals surface area contributed by atoms with Gasteiger partial charge in [-0.3, -0.25) is 4.84 Å². The van der Waals surface area contributed by atoms with E-state index in [-0.39, 0.29) is 12.1 Å². The maximum Gasteiger partial charge on any atom is 0.340 e. The fraction of sp³-hybridized carbons (Fsp3) is 0.875. The molecule has 0 unspecified atom stereocenters. The lowest BCUT2D eigenvalue weighted by atomic mass is 10.3. The van der Waals surface area contributed by atoms with E-state index in [4.69, 9.17) is 4.84 Å². The number of hydrogen-bond donors (Lipinski definition) is 1. The minimum absolute atomic E-state index is 0.193. The highest BCUT2D eigenvalue weighted by Gasteiger charge is 2.16. The first kappa shape index (κ1) is 9.32. The van der Waals surface area contributed by atoms with Gasteiger partial charge in [-0.1, -0.05) is 12.8 Å². The van der Waals surface area contributed by atoms with E-state index in [9.17, 15) is 4.79 Å². The molecule has 1 saturated carbocycles. The molecule has 0 spiro atoms. The number of carbonyl (C=O) groups excluding carboxylic acids is 1. The van der Waals surface area contributed by atoms with Gasteiger partial charge in [-0.25, -0.2) is 10.3 Å². The number of carbonyl (C=O) groups is 1. The Morgan fingerprint density at radius 3 is 2.50 bits per heavy atom. The highest BCUT2D eigenvalue weighted by molar-refractivity contribution is 5.72. The van der Waals surface area contributed by atoms with Crippen molar-refractivity contribution in [3.8, 4) is 0 Å². The van der Waals surface area contributed by atoms with Gasteiger partial charge in [0.25, 0.3) is 0 Å². The summed E-state index contributed by atoms with van der Waals surface area (Å²) < 4.78 is 0. The van der Waals surface area contributed by atoms with E-state index in [1.807, 2.05) is 0 Å². The molecule has 4 nitrogen and oxygen atoms in total. The number of hydrogen-bond acceptors (Lipinski definition) is 2. The molecule has 1 rings (SSSR count). The average Bonchev–Trinajstić information content (AvgIpc) is 2.51. The largest absolute Gasteiger partial charge is 0.340 e. The van der Waals surface area contributed by atoms with Crippen LogP contribution in [0, 0.1) is 0 Å². The van der Waals surface area contributed by atoms with E-state index in [1.54, 1.807) is 14.1 Å². The Morgan fingerprint density at radius 2 is 2.00 bits per heavy atom. The van der Waals surface area contributed by atoms with Crippen molar-refractivity contribution >= 4 is 6.03 Å². The summed E-state index contributed by atoms with van der Waals surface area (Å²) in [6.07, 6.45) is 4.78. The molecule has 0 aromatic rings. The molecular weight excluding hydrogens is 156 g/mol. The Bertz CT molecular complexity index is 153. The van der Waals surface area contributed by atoms with Gasteiger partial charge in [0.15, 0.2) is 0 Å². The lowest BCUT2D eigenvalue weighted by molar-refractivity contribution is -0.00532. The molecule has 0 saturated heterocycles. The number of nitrogens with zero attached hydrogens (tertiary/aromatic N) is 1. The lowest BCUT2D eigenvalue weighted by Gasteiger charge is -2.14. The maximum absolute atomic E-state index is 11.0. The summed E-state index contributed by atoms with van der Waals surface area (Å²) in [6, 6.07) is -0.193. The normalized spacial score (nSPS) is 17.8. The number of nitrogens with one attached hydrogen (secondary N) is 1. The predicted molar refractivity (Wildman–Crippen MR) is 45.6 cm³/mol. The molecule has 0 heterocycles. The Hall–Kier alpha value is -0.770. The molecule has 2 amide bonds. The number of amides is 2. The highest BCUT2D eigenvalue weighted by Crippen LogP contribution is 2.19. The molecule has 0 atom stereocenters. The van der Waals surface area contributed by atoms with Crippen molar-refractivity contribution in [3.05, 3.63) is 0 Å². The topological polar surface area (TPSA) is 41.6 Å². The summed E-state index contributed by atoms with van der Waals surface area (Å²) in [4.78, 5) is 17.6. The van der Waals surface area contributed by atoms with Gasteiger partial charge >= 0.3 is 6.03 Å². The molecule has 0 aromatic carbocycles. The molecule has 0 aromatic heterocycles. The monoisotopic (exact) mass is 172 g/mol. The molecule has 1 N–H and O–H groups in total. The fourth-order valence-electron chi connectivity index (χ4n) is 1.23. The highest BCUT2D eigenvalue weighted by atomic mass is 16.7. The zero-order valence-electron chi connectivity index (χ0n) is 7.67. The minimum atomic E-state index is -0.193. The Morgan fingerprint density at radius 1 is 1.42 bits per heavy atom. The zero-order valence-corrected chi connectivity index (χ0v) is 7.67. The second-order valence-corrected chi connectivity index (χ2v) is 3.33. The van der Waals surface area contributed by atoms with E-state index >= 15 is 0 Å². The van der Waals surface area contributed by atoms with Crippen LogP contribution in [0.1, 0.15) is 25.7 Å². The van der Waals surface area contributed by atoms with Crippen molar-refractivity contribution in [1.82, 2.24) is 10.4 Å². The minimum Gasteiger partial charge on any atom is -0.329 e. The van der Waals surface area contributed by atoms with Gasteiger partial charge in [0.05, 0.1) is 6.10 Å². The third-order valence-corrected chi connectivity index (χ3v) is 2.02. The van der Waals surface area contributed by atoms with Gasteiger partial charge in [-0.15, -0.1) is 0 Å². The van der Waals surface area contributed by atoms with E-state index in [0.29, 0.717) is 0 Å². The summed E-state index contributed by atoms with van der Waals surface area (Å²) >= 11 is 0. The first-order chi connectivity index (χ1) is 5.70. The number of urea groups is 1. The van der Waals surface area contributed by atoms with Crippen LogP contribution in [0.2, 0.25) is 0 Å². The summed E-state index contributed by atoms with van der Waals surface area (Å²) in [5.74, 6) is 0. The Balaban J connectivity index is 2.12. The zero-order chi connectivity index (χ0) is 8.97. The average molecular weight is 172 g/mol. The maximum atomic E-state index is 11.0. The Kier molecular flexibility index (Phi) is 3.34. The quantitative estimate of drug-likeness (QED) is 0.634. The summed E-state index contributed by atoms with van der Waals surface area (Å²) in [5, 5.41) is 0. The summed E-state index contributed by atoms with van der Waals surface area (Å²) in [6.45, 7) is 0. The van der Waals surface area contributed by atoms with Gasteiger partial charge in [-0.2, -0.15) is 0 Å². The van der Waals surface area contributed by atoms with E-state index < -0.39 is 0 Å². The van der Waals surface area contributed by atoms with Gasteiger partial charge in [-0.05, 0) is 12.8 Å².